The number of hydrogen-bond acceptors (Lipinski definition) is 6. The summed E-state index contributed by atoms with van der Waals surface area (Å²) in [5, 5.41) is 0. The summed E-state index contributed by atoms with van der Waals surface area (Å²) in [5.41, 5.74) is 5.98. The van der Waals surface area contributed by atoms with Crippen molar-refractivity contribution >= 4 is 17.2 Å². The molecule has 32 heavy (non-hydrogen) atoms. The molecule has 0 radical (unpaired) electrons. The van der Waals surface area contributed by atoms with Crippen LogP contribution in [0.2, 0.25) is 0 Å². The van der Waals surface area contributed by atoms with E-state index in [2.05, 4.69) is 62.3 Å². The van der Waals surface area contributed by atoms with Crippen molar-refractivity contribution in [3.63, 3.8) is 0 Å². The van der Waals surface area contributed by atoms with Crippen molar-refractivity contribution in [3.8, 4) is 0 Å². The van der Waals surface area contributed by atoms with Crippen LogP contribution in [0.5, 0.6) is 0 Å². The average molecular weight is 498 g/mol. The SMILES string of the molecule is CCOC(CN)(CCPCC(OC(C)C)OC(C)C)CCPCC(OC(C)C)OC(C)C. The van der Waals surface area contributed by atoms with Crippen LogP contribution in [0.25, 0.3) is 0 Å². The zero-order chi connectivity index (χ0) is 24.6. The van der Waals surface area contributed by atoms with Crippen molar-refractivity contribution in [2.45, 2.75) is 118 Å². The van der Waals surface area contributed by atoms with Crippen molar-refractivity contribution in [1.29, 1.82) is 0 Å². The van der Waals surface area contributed by atoms with Gasteiger partial charge in [-0.2, -0.15) is 0 Å². The van der Waals surface area contributed by atoms with Crippen LogP contribution in [0.1, 0.15) is 75.2 Å². The third-order valence-corrected chi connectivity index (χ3v) is 7.11. The Morgan fingerprint density at radius 1 is 0.656 bits per heavy atom. The molecule has 0 saturated carbocycles. The first kappa shape index (κ1) is 32.6. The summed E-state index contributed by atoms with van der Waals surface area (Å²) in [5.74, 6) is 0. The number of hydrogen-bond donors (Lipinski definition) is 1. The Labute approximate surface area is 202 Å². The molecule has 0 amide bonds. The highest BCUT2D eigenvalue weighted by molar-refractivity contribution is 7.38. The van der Waals surface area contributed by atoms with Crippen molar-refractivity contribution in [1.82, 2.24) is 0 Å². The molecule has 0 aromatic carbocycles. The van der Waals surface area contributed by atoms with Gasteiger partial charge in [0.05, 0.1) is 30.0 Å². The quantitative estimate of drug-likeness (QED) is 0.133. The highest BCUT2D eigenvalue weighted by Gasteiger charge is 2.28. The summed E-state index contributed by atoms with van der Waals surface area (Å²) in [7, 11) is 1.53. The van der Waals surface area contributed by atoms with Crippen molar-refractivity contribution in [2.24, 2.45) is 5.73 Å². The van der Waals surface area contributed by atoms with E-state index in [1.165, 1.54) is 0 Å². The van der Waals surface area contributed by atoms with Gasteiger partial charge in [0.2, 0.25) is 0 Å². The van der Waals surface area contributed by atoms with Crippen LogP contribution >= 0.6 is 17.2 Å². The lowest BCUT2D eigenvalue weighted by atomic mass is 9.97. The summed E-state index contributed by atoms with van der Waals surface area (Å²) >= 11 is 0. The standard InChI is InChI=1S/C24H53NO5P2/c1-10-26-24(17-25,11-13-31-15-22(27-18(2)3)28-19(4)5)12-14-32-16-23(29-20(6)7)30-21(8)9/h18-23,31-32H,10-17,25H2,1-9H3. The minimum atomic E-state index is -0.241. The molecule has 8 heteroatoms. The van der Waals surface area contributed by atoms with Gasteiger partial charge in [0.25, 0.3) is 0 Å². The van der Waals surface area contributed by atoms with Crippen LogP contribution in [-0.2, 0) is 23.7 Å². The summed E-state index contributed by atoms with van der Waals surface area (Å²) in [6.45, 7) is 19.7. The molecule has 0 rings (SSSR count). The molecule has 0 aromatic heterocycles. The van der Waals surface area contributed by atoms with E-state index >= 15 is 0 Å². The first-order valence-electron chi connectivity index (χ1n) is 12.4. The molecule has 2 atom stereocenters. The molecule has 0 spiro atoms. The predicted molar refractivity (Wildman–Crippen MR) is 141 cm³/mol. The second-order valence-electron chi connectivity index (χ2n) is 9.33. The van der Waals surface area contributed by atoms with Crippen LogP contribution < -0.4 is 5.73 Å². The van der Waals surface area contributed by atoms with Crippen LogP contribution in [0.4, 0.5) is 0 Å². The fourth-order valence-corrected chi connectivity index (χ4v) is 5.91. The molecule has 2 N–H and O–H groups in total. The van der Waals surface area contributed by atoms with Crippen LogP contribution in [0, 0.1) is 0 Å². The lowest BCUT2D eigenvalue weighted by Gasteiger charge is -2.33. The predicted octanol–water partition coefficient (Wildman–Crippen LogP) is 5.21. The van der Waals surface area contributed by atoms with Gasteiger partial charge in [0.1, 0.15) is 0 Å². The topological polar surface area (TPSA) is 72.2 Å². The van der Waals surface area contributed by atoms with Crippen LogP contribution in [0.15, 0.2) is 0 Å². The molecule has 0 heterocycles. The zero-order valence-electron chi connectivity index (χ0n) is 22.2. The van der Waals surface area contributed by atoms with Crippen molar-refractivity contribution in [2.75, 3.05) is 37.8 Å². The van der Waals surface area contributed by atoms with Gasteiger partial charge in [-0.25, -0.2) is 0 Å². The summed E-state index contributed by atoms with van der Waals surface area (Å²) in [6, 6.07) is 0. The lowest BCUT2D eigenvalue weighted by Crippen LogP contribution is -2.42. The summed E-state index contributed by atoms with van der Waals surface area (Å²) in [4.78, 5) is 0. The molecule has 0 saturated heterocycles. The van der Waals surface area contributed by atoms with Gasteiger partial charge in [-0.05, 0) is 87.5 Å². The van der Waals surface area contributed by atoms with Gasteiger partial charge in [-0.3, -0.25) is 0 Å². The second kappa shape index (κ2) is 18.9. The largest absolute Gasteiger partial charge is 0.374 e. The van der Waals surface area contributed by atoms with Gasteiger partial charge in [0, 0.05) is 25.5 Å². The Bertz CT molecular complexity index is 387. The van der Waals surface area contributed by atoms with Crippen LogP contribution in [0.3, 0.4) is 0 Å². The third-order valence-electron chi connectivity index (χ3n) is 4.66. The second-order valence-corrected chi connectivity index (χ2v) is 12.1. The third kappa shape index (κ3) is 17.1. The molecule has 0 aliphatic carbocycles. The summed E-state index contributed by atoms with van der Waals surface area (Å²) in [6.07, 6.45) is 6.36. The Morgan fingerprint density at radius 2 is 1.00 bits per heavy atom. The van der Waals surface area contributed by atoms with E-state index < -0.39 is 0 Å². The van der Waals surface area contributed by atoms with E-state index in [4.69, 9.17) is 29.4 Å². The molecule has 2 unspecified atom stereocenters. The molecule has 6 nitrogen and oxygen atoms in total. The average Bonchev–Trinajstić information content (AvgIpc) is 2.66. The normalized spacial score (nSPS) is 15.4. The molecular weight excluding hydrogens is 444 g/mol. The van der Waals surface area contributed by atoms with Gasteiger partial charge in [-0.15, -0.1) is 17.2 Å². The smallest absolute Gasteiger partial charge is 0.161 e. The first-order valence-corrected chi connectivity index (χ1v) is 15.2. The van der Waals surface area contributed by atoms with Crippen LogP contribution in [-0.4, -0.2) is 80.4 Å². The van der Waals surface area contributed by atoms with Gasteiger partial charge in [0.15, 0.2) is 12.6 Å². The number of nitrogens with two attached hydrogens (primary N) is 1. The van der Waals surface area contributed by atoms with Gasteiger partial charge in [-0.1, -0.05) is 0 Å². The highest BCUT2D eigenvalue weighted by Crippen LogP contribution is 2.29. The fourth-order valence-electron chi connectivity index (χ4n) is 3.38. The summed E-state index contributed by atoms with van der Waals surface area (Å²) < 4.78 is 29.9. The maximum Gasteiger partial charge on any atom is 0.161 e. The van der Waals surface area contributed by atoms with E-state index in [0.717, 1.165) is 54.7 Å². The number of ether oxygens (including phenoxy) is 5. The Kier molecular flexibility index (Phi) is 19.3. The maximum atomic E-state index is 6.22. The van der Waals surface area contributed by atoms with Crippen molar-refractivity contribution < 1.29 is 23.7 Å². The minimum Gasteiger partial charge on any atom is -0.374 e. The Morgan fingerprint density at radius 3 is 1.25 bits per heavy atom. The maximum absolute atomic E-state index is 6.22. The first-order chi connectivity index (χ1) is 15.0. The molecule has 0 aliphatic rings. The Hall–Kier alpha value is 0.620. The van der Waals surface area contributed by atoms with Gasteiger partial charge < -0.3 is 29.4 Å². The zero-order valence-corrected chi connectivity index (χ0v) is 24.2. The Balaban J connectivity index is 4.60. The fraction of sp³-hybridized carbons (Fsp3) is 1.00. The van der Waals surface area contributed by atoms with E-state index in [1.807, 2.05) is 0 Å². The van der Waals surface area contributed by atoms with Gasteiger partial charge >= 0.3 is 0 Å². The lowest BCUT2D eigenvalue weighted by molar-refractivity contribution is -0.167. The monoisotopic (exact) mass is 497 g/mol. The molecule has 0 fully saturated rings. The highest BCUT2D eigenvalue weighted by atomic mass is 31.1. The van der Waals surface area contributed by atoms with E-state index in [0.29, 0.717) is 13.2 Å². The van der Waals surface area contributed by atoms with E-state index in [9.17, 15) is 0 Å². The molecule has 194 valence electrons. The molecule has 0 aliphatic heterocycles. The number of rotatable bonds is 21. The van der Waals surface area contributed by atoms with Crippen molar-refractivity contribution in [3.05, 3.63) is 0 Å². The molecule has 0 bridgehead atoms. The molecular formula is C24H53NO5P2. The minimum absolute atomic E-state index is 0.131. The van der Waals surface area contributed by atoms with E-state index in [-0.39, 0.29) is 42.6 Å². The molecule has 0 aromatic rings. The van der Waals surface area contributed by atoms with E-state index in [1.54, 1.807) is 0 Å².